The van der Waals surface area contributed by atoms with Crippen LogP contribution in [-0.2, 0) is 17.6 Å². The van der Waals surface area contributed by atoms with E-state index in [-0.39, 0.29) is 11.9 Å². The van der Waals surface area contributed by atoms with Crippen molar-refractivity contribution < 1.29 is 9.90 Å². The van der Waals surface area contributed by atoms with E-state index >= 15 is 0 Å². The minimum Gasteiger partial charge on any atom is -0.388 e. The van der Waals surface area contributed by atoms with Gasteiger partial charge in [0.25, 0.3) is 0 Å². The Morgan fingerprint density at radius 3 is 2.78 bits per heavy atom. The number of amides is 1. The number of benzene rings is 1. The SMILES string of the molecule is CCCCCC(O)c1ccc(N2C(=O)CCCC2c2ccc(CCc3nnn[nH]3)cc2)s1. The molecule has 1 aliphatic rings. The maximum atomic E-state index is 12.9. The van der Waals surface area contributed by atoms with Crippen molar-refractivity contribution in [2.75, 3.05) is 4.90 Å². The molecule has 0 spiro atoms. The van der Waals surface area contributed by atoms with Gasteiger partial charge in [-0.3, -0.25) is 9.69 Å². The number of carbonyl (C=O) groups is 1. The highest BCUT2D eigenvalue weighted by molar-refractivity contribution is 7.16. The van der Waals surface area contributed by atoms with E-state index in [9.17, 15) is 9.90 Å². The van der Waals surface area contributed by atoms with Crippen molar-refractivity contribution in [3.63, 3.8) is 0 Å². The fourth-order valence-electron chi connectivity index (χ4n) is 4.30. The second-order valence-corrected chi connectivity index (χ2v) is 9.54. The van der Waals surface area contributed by atoms with E-state index in [1.807, 2.05) is 17.0 Å². The first-order chi connectivity index (χ1) is 15.7. The minimum absolute atomic E-state index is 0.0347. The quantitative estimate of drug-likeness (QED) is 0.425. The van der Waals surface area contributed by atoms with Gasteiger partial charge in [-0.2, -0.15) is 0 Å². The first kappa shape index (κ1) is 22.6. The molecule has 1 amide bonds. The van der Waals surface area contributed by atoms with Crippen molar-refractivity contribution in [2.45, 2.75) is 76.9 Å². The number of unbranched alkanes of at least 4 members (excludes halogenated alkanes) is 2. The van der Waals surface area contributed by atoms with Crippen molar-refractivity contribution in [2.24, 2.45) is 0 Å². The Morgan fingerprint density at radius 1 is 1.19 bits per heavy atom. The van der Waals surface area contributed by atoms with E-state index in [4.69, 9.17) is 0 Å². The van der Waals surface area contributed by atoms with Gasteiger partial charge in [0.05, 0.1) is 17.1 Å². The van der Waals surface area contributed by atoms with E-state index < -0.39 is 6.10 Å². The zero-order valence-corrected chi connectivity index (χ0v) is 19.4. The smallest absolute Gasteiger partial charge is 0.228 e. The summed E-state index contributed by atoms with van der Waals surface area (Å²) in [6, 6.07) is 12.6. The van der Waals surface area contributed by atoms with E-state index in [1.165, 1.54) is 5.56 Å². The number of thiophene rings is 1. The molecule has 0 bridgehead atoms. The van der Waals surface area contributed by atoms with Crippen LogP contribution >= 0.6 is 11.3 Å². The Hall–Kier alpha value is -2.58. The lowest BCUT2D eigenvalue weighted by molar-refractivity contribution is -0.120. The number of anilines is 1. The molecule has 32 heavy (non-hydrogen) atoms. The summed E-state index contributed by atoms with van der Waals surface area (Å²) in [6.45, 7) is 2.17. The number of hydrogen-bond donors (Lipinski definition) is 2. The lowest BCUT2D eigenvalue weighted by Crippen LogP contribution is -2.37. The zero-order chi connectivity index (χ0) is 22.3. The lowest BCUT2D eigenvalue weighted by Gasteiger charge is -2.35. The average molecular weight is 454 g/mol. The molecular formula is C24H31N5O2S. The summed E-state index contributed by atoms with van der Waals surface area (Å²) in [6.07, 6.45) is 7.67. The molecule has 3 aromatic rings. The molecule has 0 radical (unpaired) electrons. The number of aliphatic hydroxyl groups excluding tert-OH is 1. The van der Waals surface area contributed by atoms with Crippen LogP contribution in [0.3, 0.4) is 0 Å². The van der Waals surface area contributed by atoms with Crippen molar-refractivity contribution in [1.82, 2.24) is 20.6 Å². The highest BCUT2D eigenvalue weighted by Crippen LogP contribution is 2.41. The Labute approximate surface area is 192 Å². The molecular weight excluding hydrogens is 422 g/mol. The molecule has 2 unspecified atom stereocenters. The zero-order valence-electron chi connectivity index (χ0n) is 18.5. The number of aryl methyl sites for hydroxylation is 2. The average Bonchev–Trinajstić information content (AvgIpc) is 3.50. The highest BCUT2D eigenvalue weighted by atomic mass is 32.1. The molecule has 170 valence electrons. The Morgan fingerprint density at radius 2 is 2.03 bits per heavy atom. The molecule has 7 nitrogen and oxygen atoms in total. The number of carbonyl (C=O) groups excluding carboxylic acids is 1. The van der Waals surface area contributed by atoms with Crippen LogP contribution in [0.15, 0.2) is 36.4 Å². The first-order valence-electron chi connectivity index (χ1n) is 11.6. The third kappa shape index (κ3) is 5.42. The van der Waals surface area contributed by atoms with E-state index in [2.05, 4.69) is 51.8 Å². The van der Waals surface area contributed by atoms with Crippen molar-refractivity contribution in [3.8, 4) is 0 Å². The number of H-pyrrole nitrogens is 1. The number of rotatable bonds is 10. The molecule has 1 aliphatic heterocycles. The summed E-state index contributed by atoms with van der Waals surface area (Å²) in [5.41, 5.74) is 2.37. The van der Waals surface area contributed by atoms with Crippen LogP contribution in [0.25, 0.3) is 0 Å². The van der Waals surface area contributed by atoms with Crippen molar-refractivity contribution in [1.29, 1.82) is 0 Å². The van der Waals surface area contributed by atoms with Crippen LogP contribution in [0.1, 0.15) is 85.8 Å². The van der Waals surface area contributed by atoms with Gasteiger partial charge in [-0.05, 0) is 59.4 Å². The van der Waals surface area contributed by atoms with Crippen LogP contribution in [0, 0.1) is 0 Å². The van der Waals surface area contributed by atoms with Gasteiger partial charge >= 0.3 is 0 Å². The maximum Gasteiger partial charge on any atom is 0.228 e. The maximum absolute atomic E-state index is 12.9. The third-order valence-corrected chi connectivity index (χ3v) is 7.30. The molecule has 1 aromatic carbocycles. The van der Waals surface area contributed by atoms with Crippen LogP contribution in [-0.4, -0.2) is 31.6 Å². The third-order valence-electron chi connectivity index (χ3n) is 6.11. The summed E-state index contributed by atoms with van der Waals surface area (Å²) in [7, 11) is 0. The molecule has 2 atom stereocenters. The predicted molar refractivity (Wildman–Crippen MR) is 126 cm³/mol. The van der Waals surface area contributed by atoms with E-state index in [0.717, 1.165) is 72.6 Å². The standard InChI is InChI=1S/C24H31N5O2S/c1-2-3-4-7-20(30)21-14-16-24(32-21)29-19(6-5-8-23(29)31)18-12-9-17(10-13-18)11-15-22-25-27-28-26-22/h9-10,12-14,16,19-20,30H,2-8,11,15H2,1H3,(H,25,26,27,28). The van der Waals surface area contributed by atoms with Crippen LogP contribution in [0.4, 0.5) is 5.00 Å². The van der Waals surface area contributed by atoms with E-state index in [1.54, 1.807) is 11.3 Å². The largest absolute Gasteiger partial charge is 0.388 e. The number of aromatic amines is 1. The first-order valence-corrected chi connectivity index (χ1v) is 12.4. The molecule has 1 saturated heterocycles. The van der Waals surface area contributed by atoms with Gasteiger partial charge in [0, 0.05) is 17.7 Å². The number of hydrogen-bond acceptors (Lipinski definition) is 6. The van der Waals surface area contributed by atoms with Gasteiger partial charge in [0.2, 0.25) is 5.91 Å². The van der Waals surface area contributed by atoms with Gasteiger partial charge in [0.15, 0.2) is 0 Å². The Bertz CT molecular complexity index is 986. The van der Waals surface area contributed by atoms with Crippen LogP contribution < -0.4 is 4.90 Å². The number of nitrogens with one attached hydrogen (secondary N) is 1. The fourth-order valence-corrected chi connectivity index (χ4v) is 5.39. The van der Waals surface area contributed by atoms with Gasteiger partial charge in [0.1, 0.15) is 5.82 Å². The molecule has 2 aromatic heterocycles. The molecule has 8 heteroatoms. The van der Waals surface area contributed by atoms with Gasteiger partial charge in [-0.15, -0.1) is 16.4 Å². The Kier molecular flexibility index (Phi) is 7.65. The summed E-state index contributed by atoms with van der Waals surface area (Å²) < 4.78 is 0. The van der Waals surface area contributed by atoms with Crippen molar-refractivity contribution in [3.05, 3.63) is 58.2 Å². The molecule has 4 rings (SSSR count). The number of aromatic nitrogens is 4. The normalized spacial score (nSPS) is 17.6. The highest BCUT2D eigenvalue weighted by Gasteiger charge is 2.31. The van der Waals surface area contributed by atoms with Crippen LogP contribution in [0.5, 0.6) is 0 Å². The summed E-state index contributed by atoms with van der Waals surface area (Å²) in [4.78, 5) is 15.8. The summed E-state index contributed by atoms with van der Waals surface area (Å²) in [5, 5.41) is 25.4. The molecule has 2 N–H and O–H groups in total. The van der Waals surface area contributed by atoms with Crippen molar-refractivity contribution >= 4 is 22.2 Å². The lowest BCUT2D eigenvalue weighted by atomic mass is 9.94. The van der Waals surface area contributed by atoms with E-state index in [0.29, 0.717) is 6.42 Å². The topological polar surface area (TPSA) is 95.0 Å². The molecule has 3 heterocycles. The molecule has 1 fully saturated rings. The number of aliphatic hydroxyl groups is 1. The second-order valence-electron chi connectivity index (χ2n) is 8.45. The monoisotopic (exact) mass is 453 g/mol. The summed E-state index contributed by atoms with van der Waals surface area (Å²) >= 11 is 1.55. The fraction of sp³-hybridized carbons (Fsp3) is 0.500. The van der Waals surface area contributed by atoms with Gasteiger partial charge in [-0.1, -0.05) is 50.5 Å². The minimum atomic E-state index is -0.447. The van der Waals surface area contributed by atoms with Gasteiger partial charge < -0.3 is 5.11 Å². The predicted octanol–water partition coefficient (Wildman–Crippen LogP) is 4.92. The molecule has 0 saturated carbocycles. The van der Waals surface area contributed by atoms with Gasteiger partial charge in [-0.25, -0.2) is 5.10 Å². The van der Waals surface area contributed by atoms with Crippen LogP contribution in [0.2, 0.25) is 0 Å². The molecule has 0 aliphatic carbocycles. The summed E-state index contributed by atoms with van der Waals surface area (Å²) in [5.74, 6) is 0.945. The second kappa shape index (κ2) is 10.8. The number of tetrazole rings is 1. The Balaban J connectivity index is 1.46. The number of nitrogens with zero attached hydrogens (tertiary/aromatic N) is 4. The number of piperidine rings is 1.